The molecule has 0 unspecified atom stereocenters. The zero-order valence-corrected chi connectivity index (χ0v) is 14.3. The lowest BCUT2D eigenvalue weighted by atomic mass is 9.81. The lowest BCUT2D eigenvalue weighted by molar-refractivity contribution is -0.148. The zero-order chi connectivity index (χ0) is 16.7. The van der Waals surface area contributed by atoms with Crippen molar-refractivity contribution in [1.29, 1.82) is 0 Å². The summed E-state index contributed by atoms with van der Waals surface area (Å²) in [5.74, 6) is -0.918. The summed E-state index contributed by atoms with van der Waals surface area (Å²) < 4.78 is 5.23. The standard InChI is InChI=1S/C16H31NO4/c1-7-8-9-10-11-12(16(5,6)13(18)19)17-14(20)21-15(2,3)4/h12H,7-11H2,1-6H3,(H,17,20)(H,18,19)/t12-/m1/s1. The number of alkyl carbamates (subject to hydrolysis) is 1. The Kier molecular flexibility index (Phi) is 7.75. The van der Waals surface area contributed by atoms with Crippen molar-refractivity contribution in [3.05, 3.63) is 0 Å². The summed E-state index contributed by atoms with van der Waals surface area (Å²) in [6.45, 7) is 10.7. The summed E-state index contributed by atoms with van der Waals surface area (Å²) >= 11 is 0. The molecule has 0 aromatic rings. The number of unbranched alkanes of at least 4 members (excludes halogenated alkanes) is 3. The van der Waals surface area contributed by atoms with Gasteiger partial charge in [-0.3, -0.25) is 4.79 Å². The van der Waals surface area contributed by atoms with E-state index in [1.807, 2.05) is 0 Å². The minimum absolute atomic E-state index is 0.443. The van der Waals surface area contributed by atoms with Gasteiger partial charge in [-0.2, -0.15) is 0 Å². The van der Waals surface area contributed by atoms with Gasteiger partial charge in [-0.1, -0.05) is 32.6 Å². The Hall–Kier alpha value is -1.26. The van der Waals surface area contributed by atoms with Crippen LogP contribution in [0, 0.1) is 5.41 Å². The molecule has 0 aliphatic carbocycles. The van der Waals surface area contributed by atoms with Crippen LogP contribution in [0.15, 0.2) is 0 Å². The third kappa shape index (κ3) is 7.93. The average Bonchev–Trinajstić information content (AvgIpc) is 2.30. The molecule has 0 aromatic carbocycles. The number of carboxylic acid groups (broad SMARTS) is 1. The van der Waals surface area contributed by atoms with Crippen LogP contribution in [-0.4, -0.2) is 28.8 Å². The summed E-state index contributed by atoms with van der Waals surface area (Å²) in [4.78, 5) is 23.3. The van der Waals surface area contributed by atoms with Crippen molar-refractivity contribution in [2.75, 3.05) is 0 Å². The molecule has 1 atom stereocenters. The van der Waals surface area contributed by atoms with Crippen molar-refractivity contribution in [1.82, 2.24) is 5.32 Å². The number of carbonyl (C=O) groups is 2. The summed E-state index contributed by atoms with van der Waals surface area (Å²) in [7, 11) is 0. The number of aliphatic carboxylic acids is 1. The maximum absolute atomic E-state index is 11.9. The summed E-state index contributed by atoms with van der Waals surface area (Å²) in [6.07, 6.45) is 4.25. The first-order chi connectivity index (χ1) is 9.50. The molecule has 0 spiro atoms. The molecule has 0 aliphatic heterocycles. The number of ether oxygens (including phenoxy) is 1. The van der Waals surface area contributed by atoms with Crippen LogP contribution in [0.3, 0.4) is 0 Å². The van der Waals surface area contributed by atoms with Crippen LogP contribution < -0.4 is 5.32 Å². The lowest BCUT2D eigenvalue weighted by Gasteiger charge is -2.32. The van der Waals surface area contributed by atoms with Gasteiger partial charge >= 0.3 is 12.1 Å². The first-order valence-electron chi connectivity index (χ1n) is 7.73. The average molecular weight is 301 g/mol. The van der Waals surface area contributed by atoms with Gasteiger partial charge in [0.05, 0.1) is 5.41 Å². The molecule has 0 bridgehead atoms. The van der Waals surface area contributed by atoms with Crippen molar-refractivity contribution >= 4 is 12.1 Å². The number of carboxylic acids is 1. The van der Waals surface area contributed by atoms with Gasteiger partial charge in [0.25, 0.3) is 0 Å². The zero-order valence-electron chi connectivity index (χ0n) is 14.3. The van der Waals surface area contributed by atoms with Gasteiger partial charge in [0.2, 0.25) is 0 Å². The second kappa shape index (κ2) is 8.25. The molecule has 0 aromatic heterocycles. The van der Waals surface area contributed by atoms with Crippen LogP contribution in [0.4, 0.5) is 4.79 Å². The van der Waals surface area contributed by atoms with E-state index in [1.165, 1.54) is 0 Å². The number of rotatable bonds is 8. The van der Waals surface area contributed by atoms with Crippen molar-refractivity contribution in [2.45, 2.75) is 85.3 Å². The Morgan fingerprint density at radius 3 is 2.10 bits per heavy atom. The molecule has 0 heterocycles. The fourth-order valence-corrected chi connectivity index (χ4v) is 1.99. The van der Waals surface area contributed by atoms with Gasteiger partial charge in [-0.25, -0.2) is 4.79 Å². The Morgan fingerprint density at radius 2 is 1.67 bits per heavy atom. The Bertz CT molecular complexity index is 345. The van der Waals surface area contributed by atoms with Crippen LogP contribution in [0.1, 0.15) is 73.6 Å². The summed E-state index contributed by atoms with van der Waals surface area (Å²) in [6, 6.07) is -0.443. The minimum atomic E-state index is -1.02. The fraction of sp³-hybridized carbons (Fsp3) is 0.875. The van der Waals surface area contributed by atoms with E-state index in [0.717, 1.165) is 25.7 Å². The second-order valence-corrected chi connectivity index (χ2v) is 7.07. The minimum Gasteiger partial charge on any atom is -0.481 e. The van der Waals surface area contributed by atoms with Gasteiger partial charge in [0.15, 0.2) is 0 Å². The molecule has 0 radical (unpaired) electrons. The lowest BCUT2D eigenvalue weighted by Crippen LogP contribution is -2.50. The highest BCUT2D eigenvalue weighted by Crippen LogP contribution is 2.26. The first kappa shape index (κ1) is 19.7. The maximum atomic E-state index is 11.9. The SMILES string of the molecule is CCCCCC[C@@H](NC(=O)OC(C)(C)C)C(C)(C)C(=O)O. The van der Waals surface area contributed by atoms with Gasteiger partial charge in [0.1, 0.15) is 5.60 Å². The van der Waals surface area contributed by atoms with Crippen LogP contribution in [0.5, 0.6) is 0 Å². The molecule has 21 heavy (non-hydrogen) atoms. The van der Waals surface area contributed by atoms with E-state index in [9.17, 15) is 14.7 Å². The normalized spacial score (nSPS) is 13.6. The highest BCUT2D eigenvalue weighted by molar-refractivity contribution is 5.76. The molecule has 0 rings (SSSR count). The first-order valence-corrected chi connectivity index (χ1v) is 7.73. The number of nitrogens with one attached hydrogen (secondary N) is 1. The molecule has 0 fully saturated rings. The molecule has 5 nitrogen and oxygen atoms in total. The van der Waals surface area contributed by atoms with E-state index >= 15 is 0 Å². The smallest absolute Gasteiger partial charge is 0.407 e. The highest BCUT2D eigenvalue weighted by Gasteiger charge is 2.38. The van der Waals surface area contributed by atoms with Gasteiger partial charge in [-0.15, -0.1) is 0 Å². The Morgan fingerprint density at radius 1 is 1.10 bits per heavy atom. The number of hydrogen-bond donors (Lipinski definition) is 2. The molecule has 2 N–H and O–H groups in total. The maximum Gasteiger partial charge on any atom is 0.407 e. The third-order valence-electron chi connectivity index (χ3n) is 3.46. The van der Waals surface area contributed by atoms with E-state index in [1.54, 1.807) is 34.6 Å². The van der Waals surface area contributed by atoms with Gasteiger partial charge in [0, 0.05) is 6.04 Å². The highest BCUT2D eigenvalue weighted by atomic mass is 16.6. The molecule has 1 amide bonds. The summed E-state index contributed by atoms with van der Waals surface area (Å²) in [5, 5.41) is 12.1. The van der Waals surface area contributed by atoms with E-state index < -0.39 is 29.1 Å². The van der Waals surface area contributed by atoms with Crippen LogP contribution in [-0.2, 0) is 9.53 Å². The number of carbonyl (C=O) groups excluding carboxylic acids is 1. The molecular formula is C16H31NO4. The molecule has 0 aliphatic rings. The van der Waals surface area contributed by atoms with Crippen molar-refractivity contribution in [3.63, 3.8) is 0 Å². The van der Waals surface area contributed by atoms with Crippen molar-refractivity contribution in [2.24, 2.45) is 5.41 Å². The van der Waals surface area contributed by atoms with E-state index in [-0.39, 0.29) is 0 Å². The molecule has 124 valence electrons. The van der Waals surface area contributed by atoms with E-state index in [4.69, 9.17) is 4.74 Å². The van der Waals surface area contributed by atoms with Crippen molar-refractivity contribution < 1.29 is 19.4 Å². The quantitative estimate of drug-likeness (QED) is 0.665. The largest absolute Gasteiger partial charge is 0.481 e. The Labute approximate surface area is 128 Å². The van der Waals surface area contributed by atoms with Crippen LogP contribution in [0.25, 0.3) is 0 Å². The van der Waals surface area contributed by atoms with Crippen LogP contribution in [0.2, 0.25) is 0 Å². The number of hydrogen-bond acceptors (Lipinski definition) is 3. The van der Waals surface area contributed by atoms with Crippen LogP contribution >= 0.6 is 0 Å². The Balaban J connectivity index is 4.73. The third-order valence-corrected chi connectivity index (χ3v) is 3.46. The monoisotopic (exact) mass is 301 g/mol. The molecule has 0 saturated carbocycles. The second-order valence-electron chi connectivity index (χ2n) is 7.07. The predicted molar refractivity (Wildman–Crippen MR) is 83.3 cm³/mol. The summed E-state index contributed by atoms with van der Waals surface area (Å²) in [5.41, 5.74) is -1.62. The topological polar surface area (TPSA) is 75.6 Å². The van der Waals surface area contributed by atoms with E-state index in [0.29, 0.717) is 6.42 Å². The predicted octanol–water partition coefficient (Wildman–Crippen LogP) is 3.96. The number of amides is 1. The van der Waals surface area contributed by atoms with Gasteiger partial charge in [-0.05, 0) is 41.0 Å². The molecule has 5 heteroatoms. The molecule has 0 saturated heterocycles. The van der Waals surface area contributed by atoms with Gasteiger partial charge < -0.3 is 15.2 Å². The molecular weight excluding hydrogens is 270 g/mol. The van der Waals surface area contributed by atoms with E-state index in [2.05, 4.69) is 12.2 Å². The van der Waals surface area contributed by atoms with Crippen molar-refractivity contribution in [3.8, 4) is 0 Å². The fourth-order valence-electron chi connectivity index (χ4n) is 1.99.